The Morgan fingerprint density at radius 3 is 2.42 bits per heavy atom. The van der Waals surface area contributed by atoms with E-state index in [4.69, 9.17) is 0 Å². The molecular weight excluding hydrogens is 152 g/mol. The van der Waals surface area contributed by atoms with Crippen molar-refractivity contribution < 1.29 is 9.90 Å². The largest absolute Gasteiger partial charge is 0.393 e. The quantitative estimate of drug-likeness (QED) is 0.666. The van der Waals surface area contributed by atoms with Crippen molar-refractivity contribution in [3.8, 4) is 0 Å². The highest BCUT2D eigenvalue weighted by Gasteiger charge is 2.07. The normalized spacial score (nSPS) is 13.4. The van der Waals surface area contributed by atoms with Crippen molar-refractivity contribution in [3.63, 3.8) is 0 Å². The highest BCUT2D eigenvalue weighted by molar-refractivity contribution is 5.78. The molecule has 0 aliphatic rings. The zero-order valence-corrected chi connectivity index (χ0v) is 8.34. The third kappa shape index (κ3) is 6.35. The summed E-state index contributed by atoms with van der Waals surface area (Å²) in [5.74, 6) is 0.716. The molecule has 0 spiro atoms. The van der Waals surface area contributed by atoms with Gasteiger partial charge >= 0.3 is 0 Å². The molecule has 0 amide bonds. The van der Waals surface area contributed by atoms with E-state index in [0.717, 1.165) is 6.42 Å². The van der Waals surface area contributed by atoms with E-state index in [1.54, 1.807) is 0 Å². The second kappa shape index (κ2) is 6.18. The van der Waals surface area contributed by atoms with Crippen LogP contribution in [0.5, 0.6) is 0 Å². The average molecular weight is 172 g/mol. The van der Waals surface area contributed by atoms with E-state index in [9.17, 15) is 9.90 Å². The van der Waals surface area contributed by atoms with Crippen molar-refractivity contribution in [2.45, 2.75) is 52.6 Å². The smallest absolute Gasteiger partial charge is 0.133 e. The van der Waals surface area contributed by atoms with Gasteiger partial charge in [0.25, 0.3) is 0 Å². The summed E-state index contributed by atoms with van der Waals surface area (Å²) in [5, 5.41) is 9.19. The third-order valence-corrected chi connectivity index (χ3v) is 1.86. The van der Waals surface area contributed by atoms with Gasteiger partial charge in [0.1, 0.15) is 5.78 Å². The SMILES string of the molecule is CCC(O)CCC(=O)CC(C)C. The van der Waals surface area contributed by atoms with Crippen LogP contribution in [-0.4, -0.2) is 17.0 Å². The lowest BCUT2D eigenvalue weighted by molar-refractivity contribution is -0.120. The Labute approximate surface area is 75.0 Å². The second-order valence-corrected chi connectivity index (χ2v) is 3.74. The summed E-state index contributed by atoms with van der Waals surface area (Å²) in [6.07, 6.45) is 2.27. The zero-order valence-electron chi connectivity index (χ0n) is 8.34. The van der Waals surface area contributed by atoms with Crippen molar-refractivity contribution in [1.82, 2.24) is 0 Å². The molecule has 12 heavy (non-hydrogen) atoms. The van der Waals surface area contributed by atoms with Gasteiger partial charge in [0.15, 0.2) is 0 Å². The molecule has 72 valence electrons. The molecule has 0 aromatic rings. The van der Waals surface area contributed by atoms with Gasteiger partial charge in [-0.15, -0.1) is 0 Å². The Morgan fingerprint density at radius 1 is 1.42 bits per heavy atom. The Kier molecular flexibility index (Phi) is 5.99. The maximum absolute atomic E-state index is 11.2. The summed E-state index contributed by atoms with van der Waals surface area (Å²) >= 11 is 0. The number of carbonyl (C=O) groups excluding carboxylic acids is 1. The molecule has 2 heteroatoms. The number of carbonyl (C=O) groups is 1. The summed E-state index contributed by atoms with van der Waals surface area (Å²) in [4.78, 5) is 11.2. The standard InChI is InChI=1S/C10H20O2/c1-4-9(11)5-6-10(12)7-8(2)3/h8-9,11H,4-7H2,1-3H3. The van der Waals surface area contributed by atoms with Crippen molar-refractivity contribution >= 4 is 5.78 Å². The number of hydrogen-bond donors (Lipinski definition) is 1. The van der Waals surface area contributed by atoms with Gasteiger partial charge in [-0.25, -0.2) is 0 Å². The number of ketones is 1. The molecule has 0 aliphatic carbocycles. The Hall–Kier alpha value is -0.370. The molecule has 0 fully saturated rings. The van der Waals surface area contributed by atoms with Gasteiger partial charge in [0, 0.05) is 12.8 Å². The lowest BCUT2D eigenvalue weighted by Gasteiger charge is -2.07. The molecule has 0 aromatic carbocycles. The minimum absolute atomic E-state index is 0.275. The van der Waals surface area contributed by atoms with E-state index in [1.807, 2.05) is 20.8 Å². The average Bonchev–Trinajstić information content (AvgIpc) is 1.99. The monoisotopic (exact) mass is 172 g/mol. The Balaban J connectivity index is 3.44. The highest BCUT2D eigenvalue weighted by atomic mass is 16.3. The topological polar surface area (TPSA) is 37.3 Å². The Morgan fingerprint density at radius 2 is 2.00 bits per heavy atom. The first-order valence-electron chi connectivity index (χ1n) is 4.76. The molecule has 0 heterocycles. The number of Topliss-reactive ketones (excluding diaryl/α,β-unsaturated/α-hetero) is 1. The Bertz CT molecular complexity index is 130. The zero-order chi connectivity index (χ0) is 9.56. The molecule has 1 unspecified atom stereocenters. The molecule has 0 aliphatic heterocycles. The lowest BCUT2D eigenvalue weighted by Crippen LogP contribution is -2.09. The molecule has 0 aromatic heterocycles. The second-order valence-electron chi connectivity index (χ2n) is 3.74. The van der Waals surface area contributed by atoms with Gasteiger partial charge in [-0.3, -0.25) is 4.79 Å². The van der Waals surface area contributed by atoms with Crippen LogP contribution in [0.4, 0.5) is 0 Å². The van der Waals surface area contributed by atoms with Gasteiger partial charge < -0.3 is 5.11 Å². The van der Waals surface area contributed by atoms with Gasteiger partial charge in [-0.05, 0) is 18.8 Å². The minimum Gasteiger partial charge on any atom is -0.393 e. The molecular formula is C10H20O2. The van der Waals surface area contributed by atoms with Crippen molar-refractivity contribution in [2.75, 3.05) is 0 Å². The van der Waals surface area contributed by atoms with E-state index in [0.29, 0.717) is 25.2 Å². The minimum atomic E-state index is -0.291. The predicted octanol–water partition coefficient (Wildman–Crippen LogP) is 2.15. The van der Waals surface area contributed by atoms with Crippen LogP contribution in [0.3, 0.4) is 0 Å². The number of aliphatic hydroxyl groups excluding tert-OH is 1. The molecule has 0 radical (unpaired) electrons. The van der Waals surface area contributed by atoms with E-state index in [1.165, 1.54) is 0 Å². The van der Waals surface area contributed by atoms with Crippen LogP contribution in [0.2, 0.25) is 0 Å². The third-order valence-electron chi connectivity index (χ3n) is 1.86. The molecule has 0 rings (SSSR count). The fourth-order valence-electron chi connectivity index (χ4n) is 1.09. The molecule has 2 nitrogen and oxygen atoms in total. The summed E-state index contributed by atoms with van der Waals surface area (Å²) in [5.41, 5.74) is 0. The van der Waals surface area contributed by atoms with E-state index in [-0.39, 0.29) is 11.9 Å². The summed E-state index contributed by atoms with van der Waals surface area (Å²) < 4.78 is 0. The fourth-order valence-corrected chi connectivity index (χ4v) is 1.09. The summed E-state index contributed by atoms with van der Waals surface area (Å²) in [7, 11) is 0. The predicted molar refractivity (Wildman–Crippen MR) is 50.0 cm³/mol. The molecule has 0 bridgehead atoms. The van der Waals surface area contributed by atoms with Crippen molar-refractivity contribution in [3.05, 3.63) is 0 Å². The molecule has 1 N–H and O–H groups in total. The first-order valence-corrected chi connectivity index (χ1v) is 4.76. The number of hydrogen-bond acceptors (Lipinski definition) is 2. The fraction of sp³-hybridized carbons (Fsp3) is 0.900. The van der Waals surface area contributed by atoms with Gasteiger partial charge in [-0.1, -0.05) is 20.8 Å². The summed E-state index contributed by atoms with van der Waals surface area (Å²) in [6.45, 7) is 6.00. The first-order chi connectivity index (χ1) is 5.56. The van der Waals surface area contributed by atoms with Crippen LogP contribution in [0, 0.1) is 5.92 Å². The summed E-state index contributed by atoms with van der Waals surface area (Å²) in [6, 6.07) is 0. The van der Waals surface area contributed by atoms with Crippen LogP contribution in [0.25, 0.3) is 0 Å². The van der Waals surface area contributed by atoms with Gasteiger partial charge in [0.2, 0.25) is 0 Å². The maximum atomic E-state index is 11.2. The van der Waals surface area contributed by atoms with Crippen LogP contribution in [-0.2, 0) is 4.79 Å². The number of aliphatic hydroxyl groups is 1. The van der Waals surface area contributed by atoms with Crippen LogP contribution >= 0.6 is 0 Å². The van der Waals surface area contributed by atoms with Crippen LogP contribution < -0.4 is 0 Å². The maximum Gasteiger partial charge on any atom is 0.133 e. The van der Waals surface area contributed by atoms with Gasteiger partial charge in [0.05, 0.1) is 6.10 Å². The number of rotatable bonds is 6. The van der Waals surface area contributed by atoms with E-state index < -0.39 is 0 Å². The lowest BCUT2D eigenvalue weighted by atomic mass is 10.0. The van der Waals surface area contributed by atoms with Gasteiger partial charge in [-0.2, -0.15) is 0 Å². The van der Waals surface area contributed by atoms with Crippen LogP contribution in [0.15, 0.2) is 0 Å². The molecule has 0 saturated heterocycles. The van der Waals surface area contributed by atoms with E-state index in [2.05, 4.69) is 0 Å². The first kappa shape index (κ1) is 11.6. The molecule has 1 atom stereocenters. The molecule has 0 saturated carbocycles. The van der Waals surface area contributed by atoms with Crippen LogP contribution in [0.1, 0.15) is 46.5 Å². The van der Waals surface area contributed by atoms with Crippen molar-refractivity contribution in [2.24, 2.45) is 5.92 Å². The highest BCUT2D eigenvalue weighted by Crippen LogP contribution is 2.07. The van der Waals surface area contributed by atoms with Crippen molar-refractivity contribution in [1.29, 1.82) is 0 Å². The van der Waals surface area contributed by atoms with E-state index >= 15 is 0 Å².